The quantitative estimate of drug-likeness (QED) is 0.817. The van der Waals surface area contributed by atoms with Gasteiger partial charge in [-0.15, -0.1) is 0 Å². The van der Waals surface area contributed by atoms with Crippen molar-refractivity contribution < 1.29 is 4.74 Å². The zero-order valence-corrected chi connectivity index (χ0v) is 11.9. The van der Waals surface area contributed by atoms with Crippen LogP contribution in [0.3, 0.4) is 0 Å². The highest BCUT2D eigenvalue weighted by atomic mass is 16.5. The molecule has 3 unspecified atom stereocenters. The Morgan fingerprint density at radius 2 is 2.06 bits per heavy atom. The van der Waals surface area contributed by atoms with Crippen LogP contribution in [0.1, 0.15) is 47.0 Å². The molecule has 3 nitrogen and oxygen atoms in total. The van der Waals surface area contributed by atoms with Crippen molar-refractivity contribution in [2.45, 2.75) is 64.1 Å². The fraction of sp³-hybridized carbons (Fsp3) is 1.00. The molecule has 17 heavy (non-hydrogen) atoms. The maximum absolute atomic E-state index is 5.59. The van der Waals surface area contributed by atoms with Crippen LogP contribution in [-0.2, 0) is 4.74 Å². The van der Waals surface area contributed by atoms with Crippen LogP contribution in [0, 0.1) is 0 Å². The molecule has 0 spiro atoms. The third-order valence-electron chi connectivity index (χ3n) is 5.00. The maximum atomic E-state index is 5.59. The van der Waals surface area contributed by atoms with Gasteiger partial charge in [-0.2, -0.15) is 0 Å². The van der Waals surface area contributed by atoms with Crippen molar-refractivity contribution in [3.8, 4) is 0 Å². The average molecular weight is 240 g/mol. The van der Waals surface area contributed by atoms with Gasteiger partial charge in [0.2, 0.25) is 0 Å². The Morgan fingerprint density at radius 3 is 2.59 bits per heavy atom. The summed E-state index contributed by atoms with van der Waals surface area (Å²) in [6.07, 6.45) is 3.60. The average Bonchev–Trinajstić information content (AvgIpc) is 2.86. The minimum absolute atomic E-state index is 0.275. The van der Waals surface area contributed by atoms with Crippen molar-refractivity contribution in [3.05, 3.63) is 0 Å². The molecule has 0 aromatic carbocycles. The Bertz CT molecular complexity index is 265. The molecule has 100 valence electrons. The summed E-state index contributed by atoms with van der Waals surface area (Å²) in [7, 11) is 0. The molecule has 0 bridgehead atoms. The van der Waals surface area contributed by atoms with Gasteiger partial charge in [0.1, 0.15) is 0 Å². The summed E-state index contributed by atoms with van der Waals surface area (Å²) in [5, 5.41) is 3.76. The fourth-order valence-electron chi connectivity index (χ4n) is 3.03. The molecule has 3 atom stereocenters. The maximum Gasteiger partial charge on any atom is 0.0622 e. The summed E-state index contributed by atoms with van der Waals surface area (Å²) in [5.74, 6) is 0. The molecule has 1 N–H and O–H groups in total. The van der Waals surface area contributed by atoms with Gasteiger partial charge in [0, 0.05) is 36.8 Å². The van der Waals surface area contributed by atoms with E-state index in [9.17, 15) is 0 Å². The second-order valence-electron chi connectivity index (χ2n) is 6.26. The first-order chi connectivity index (χ1) is 8.03. The second kappa shape index (κ2) is 4.87. The van der Waals surface area contributed by atoms with Crippen molar-refractivity contribution in [2.24, 2.45) is 0 Å². The molecule has 2 heterocycles. The Labute approximate surface area is 106 Å². The molecule has 2 aliphatic rings. The summed E-state index contributed by atoms with van der Waals surface area (Å²) in [6.45, 7) is 13.5. The molecule has 3 heteroatoms. The van der Waals surface area contributed by atoms with Crippen LogP contribution < -0.4 is 5.32 Å². The van der Waals surface area contributed by atoms with Crippen LogP contribution >= 0.6 is 0 Å². The first-order valence-corrected chi connectivity index (χ1v) is 7.12. The van der Waals surface area contributed by atoms with Crippen LogP contribution in [0.2, 0.25) is 0 Å². The lowest BCUT2D eigenvalue weighted by molar-refractivity contribution is -0.0188. The van der Waals surface area contributed by atoms with Crippen LogP contribution in [0.4, 0.5) is 0 Å². The van der Waals surface area contributed by atoms with Crippen LogP contribution in [0.5, 0.6) is 0 Å². The molecule has 2 rings (SSSR count). The van der Waals surface area contributed by atoms with E-state index in [1.54, 1.807) is 0 Å². The van der Waals surface area contributed by atoms with E-state index in [4.69, 9.17) is 4.74 Å². The predicted molar refractivity (Wildman–Crippen MR) is 71.3 cm³/mol. The zero-order chi connectivity index (χ0) is 12.5. The Morgan fingerprint density at radius 1 is 1.29 bits per heavy atom. The molecular weight excluding hydrogens is 212 g/mol. The number of hydrogen-bond donors (Lipinski definition) is 1. The van der Waals surface area contributed by atoms with Crippen molar-refractivity contribution in [1.29, 1.82) is 0 Å². The summed E-state index contributed by atoms with van der Waals surface area (Å²) in [4.78, 5) is 2.72. The molecule has 0 aromatic rings. The predicted octanol–water partition coefficient (Wildman–Crippen LogP) is 2.02. The molecular formula is C14H28N2O. The van der Waals surface area contributed by atoms with Gasteiger partial charge in [-0.1, -0.05) is 13.8 Å². The monoisotopic (exact) mass is 240 g/mol. The van der Waals surface area contributed by atoms with E-state index in [-0.39, 0.29) is 5.54 Å². The number of nitrogens with one attached hydrogen (secondary N) is 1. The molecule has 0 radical (unpaired) electrons. The lowest BCUT2D eigenvalue weighted by atomic mass is 9.84. The van der Waals surface area contributed by atoms with Gasteiger partial charge in [0.25, 0.3) is 0 Å². The van der Waals surface area contributed by atoms with Gasteiger partial charge < -0.3 is 10.1 Å². The largest absolute Gasteiger partial charge is 0.380 e. The molecule has 2 aliphatic heterocycles. The minimum Gasteiger partial charge on any atom is -0.380 e. The van der Waals surface area contributed by atoms with Gasteiger partial charge >= 0.3 is 0 Å². The van der Waals surface area contributed by atoms with Gasteiger partial charge in [0.15, 0.2) is 0 Å². The Balaban J connectivity index is 2.15. The van der Waals surface area contributed by atoms with E-state index < -0.39 is 0 Å². The molecule has 0 amide bonds. The number of hydrogen-bond acceptors (Lipinski definition) is 3. The third kappa shape index (κ3) is 2.51. The number of rotatable bonds is 3. The number of nitrogens with zero attached hydrogens (tertiary/aromatic N) is 1. The highest BCUT2D eigenvalue weighted by molar-refractivity contribution is 5.03. The first-order valence-electron chi connectivity index (χ1n) is 7.12. The lowest BCUT2D eigenvalue weighted by Gasteiger charge is -2.54. The normalized spacial score (nSPS) is 44.1. The SMILES string of the molecule is CCC1(C)CN(C2CCOC2)C(C)(CC)CN1. The second-order valence-corrected chi connectivity index (χ2v) is 6.26. The Hall–Kier alpha value is -0.120. The van der Waals surface area contributed by atoms with E-state index in [0.29, 0.717) is 11.6 Å². The summed E-state index contributed by atoms with van der Waals surface area (Å²) in [5.41, 5.74) is 0.574. The lowest BCUT2D eigenvalue weighted by Crippen LogP contribution is -2.70. The van der Waals surface area contributed by atoms with E-state index in [1.807, 2.05) is 0 Å². The van der Waals surface area contributed by atoms with Crippen molar-refractivity contribution in [1.82, 2.24) is 10.2 Å². The standard InChI is InChI=1S/C14H28N2O/c1-5-13(3)11-16(12-7-8-17-9-12)14(4,6-2)10-15-13/h12,15H,5-11H2,1-4H3. The van der Waals surface area contributed by atoms with Gasteiger partial charge in [-0.05, 0) is 33.1 Å². The van der Waals surface area contributed by atoms with Crippen LogP contribution in [0.25, 0.3) is 0 Å². The number of ether oxygens (including phenoxy) is 1. The first kappa shape index (κ1) is 13.3. The van der Waals surface area contributed by atoms with E-state index >= 15 is 0 Å². The summed E-state index contributed by atoms with van der Waals surface area (Å²) >= 11 is 0. The van der Waals surface area contributed by atoms with Gasteiger partial charge in [-0.3, -0.25) is 4.90 Å². The molecule has 0 aliphatic carbocycles. The van der Waals surface area contributed by atoms with E-state index in [1.165, 1.54) is 19.3 Å². The van der Waals surface area contributed by atoms with E-state index in [2.05, 4.69) is 37.9 Å². The summed E-state index contributed by atoms with van der Waals surface area (Å²) in [6, 6.07) is 0.632. The topological polar surface area (TPSA) is 24.5 Å². The number of piperazine rings is 1. The molecule has 2 saturated heterocycles. The highest BCUT2D eigenvalue weighted by Crippen LogP contribution is 2.32. The molecule has 2 fully saturated rings. The third-order valence-corrected chi connectivity index (χ3v) is 5.00. The fourth-order valence-corrected chi connectivity index (χ4v) is 3.03. The Kier molecular flexibility index (Phi) is 3.81. The highest BCUT2D eigenvalue weighted by Gasteiger charge is 2.44. The van der Waals surface area contributed by atoms with Crippen molar-refractivity contribution in [3.63, 3.8) is 0 Å². The van der Waals surface area contributed by atoms with Gasteiger partial charge in [-0.25, -0.2) is 0 Å². The molecule has 0 saturated carbocycles. The zero-order valence-electron chi connectivity index (χ0n) is 11.9. The van der Waals surface area contributed by atoms with E-state index in [0.717, 1.165) is 26.3 Å². The van der Waals surface area contributed by atoms with Gasteiger partial charge in [0.05, 0.1) is 6.61 Å². The van der Waals surface area contributed by atoms with Crippen LogP contribution in [0.15, 0.2) is 0 Å². The smallest absolute Gasteiger partial charge is 0.0622 e. The minimum atomic E-state index is 0.275. The molecule has 0 aromatic heterocycles. The van der Waals surface area contributed by atoms with Crippen LogP contribution in [-0.4, -0.2) is 48.3 Å². The van der Waals surface area contributed by atoms with Crippen molar-refractivity contribution >= 4 is 0 Å². The van der Waals surface area contributed by atoms with Crippen molar-refractivity contribution in [2.75, 3.05) is 26.3 Å². The summed E-state index contributed by atoms with van der Waals surface area (Å²) < 4.78 is 5.59.